The minimum Gasteiger partial charge on any atom is -0.398 e. The van der Waals surface area contributed by atoms with Gasteiger partial charge >= 0.3 is 0 Å². The van der Waals surface area contributed by atoms with Crippen molar-refractivity contribution in [1.29, 1.82) is 0 Å². The summed E-state index contributed by atoms with van der Waals surface area (Å²) in [6, 6.07) is 5.33. The summed E-state index contributed by atoms with van der Waals surface area (Å²) in [5.74, 6) is -0.539. The fourth-order valence-corrected chi connectivity index (χ4v) is 1.85. The number of hydrogen-bond donors (Lipinski definition) is 2. The number of anilines is 2. The van der Waals surface area contributed by atoms with Crippen LogP contribution < -0.4 is 11.1 Å². The van der Waals surface area contributed by atoms with Gasteiger partial charge in [0.05, 0.1) is 21.2 Å². The SMILES string of the molecule is Cc1cc(N)c(C(=O)Nc2cc([N+](=O)[O-])ccc2Cl)cn1. The highest BCUT2D eigenvalue weighted by Gasteiger charge is 2.15. The largest absolute Gasteiger partial charge is 0.398 e. The molecule has 0 aliphatic heterocycles. The average molecular weight is 307 g/mol. The van der Waals surface area contributed by atoms with Gasteiger partial charge in [0.2, 0.25) is 0 Å². The first kappa shape index (κ1) is 14.7. The molecule has 0 spiro atoms. The Hall–Kier alpha value is -2.67. The number of pyridine rings is 1. The number of benzene rings is 1. The van der Waals surface area contributed by atoms with Gasteiger partial charge in [0.1, 0.15) is 0 Å². The lowest BCUT2D eigenvalue weighted by atomic mass is 10.2. The second kappa shape index (κ2) is 5.76. The molecule has 0 aliphatic rings. The second-order valence-electron chi connectivity index (χ2n) is 4.29. The highest BCUT2D eigenvalue weighted by molar-refractivity contribution is 6.34. The smallest absolute Gasteiger partial charge is 0.271 e. The Morgan fingerprint density at radius 1 is 1.43 bits per heavy atom. The summed E-state index contributed by atoms with van der Waals surface area (Å²) in [4.78, 5) is 26.3. The highest BCUT2D eigenvalue weighted by Crippen LogP contribution is 2.27. The van der Waals surface area contributed by atoms with Gasteiger partial charge in [-0.2, -0.15) is 0 Å². The summed E-state index contributed by atoms with van der Waals surface area (Å²) in [6.07, 6.45) is 1.34. The van der Waals surface area contributed by atoms with Gasteiger partial charge < -0.3 is 11.1 Å². The third kappa shape index (κ3) is 3.26. The molecule has 1 heterocycles. The maximum absolute atomic E-state index is 12.1. The molecule has 1 amide bonds. The first-order chi connectivity index (χ1) is 9.88. The average Bonchev–Trinajstić information content (AvgIpc) is 2.40. The van der Waals surface area contributed by atoms with Crippen molar-refractivity contribution >= 4 is 34.6 Å². The standard InChI is InChI=1S/C13H11ClN4O3/c1-7-4-11(15)9(6-16-7)13(19)17-12-5-8(18(20)21)2-3-10(12)14/h2-6H,1H3,(H2,15,16)(H,17,19). The maximum atomic E-state index is 12.1. The summed E-state index contributed by atoms with van der Waals surface area (Å²) in [6.45, 7) is 1.75. The van der Waals surface area contributed by atoms with E-state index in [0.717, 1.165) is 0 Å². The molecule has 2 aromatic rings. The fraction of sp³-hybridized carbons (Fsp3) is 0.0769. The molecule has 7 nitrogen and oxygen atoms in total. The van der Waals surface area contributed by atoms with Crippen molar-refractivity contribution in [2.75, 3.05) is 11.1 Å². The van der Waals surface area contributed by atoms with Crippen molar-refractivity contribution in [3.8, 4) is 0 Å². The van der Waals surface area contributed by atoms with Crippen molar-refractivity contribution < 1.29 is 9.72 Å². The van der Waals surface area contributed by atoms with Crippen LogP contribution in [0.3, 0.4) is 0 Å². The summed E-state index contributed by atoms with van der Waals surface area (Å²) in [7, 11) is 0. The molecule has 0 unspecified atom stereocenters. The van der Waals surface area contributed by atoms with Crippen LogP contribution in [0.5, 0.6) is 0 Å². The number of carbonyl (C=O) groups excluding carboxylic acids is 1. The van der Waals surface area contributed by atoms with E-state index in [1.165, 1.54) is 24.4 Å². The molecule has 0 aliphatic carbocycles. The third-order valence-corrected chi connectivity index (χ3v) is 3.06. The van der Waals surface area contributed by atoms with E-state index in [1.807, 2.05) is 0 Å². The van der Waals surface area contributed by atoms with E-state index < -0.39 is 10.8 Å². The van der Waals surface area contributed by atoms with Gasteiger partial charge in [0.15, 0.2) is 0 Å². The Morgan fingerprint density at radius 3 is 2.76 bits per heavy atom. The molecule has 108 valence electrons. The number of carbonyl (C=O) groups is 1. The molecule has 0 bridgehead atoms. The lowest BCUT2D eigenvalue weighted by Gasteiger charge is -2.09. The van der Waals surface area contributed by atoms with Gasteiger partial charge in [-0.25, -0.2) is 0 Å². The second-order valence-corrected chi connectivity index (χ2v) is 4.70. The van der Waals surface area contributed by atoms with Gasteiger partial charge in [-0.15, -0.1) is 0 Å². The normalized spacial score (nSPS) is 10.2. The van der Waals surface area contributed by atoms with Crippen molar-refractivity contribution in [3.63, 3.8) is 0 Å². The number of hydrogen-bond acceptors (Lipinski definition) is 5. The van der Waals surface area contributed by atoms with Crippen LogP contribution in [-0.2, 0) is 0 Å². The Kier molecular flexibility index (Phi) is 4.04. The van der Waals surface area contributed by atoms with Gasteiger partial charge in [0.25, 0.3) is 11.6 Å². The zero-order valence-corrected chi connectivity index (χ0v) is 11.7. The maximum Gasteiger partial charge on any atom is 0.271 e. The number of nitrogen functional groups attached to an aromatic ring is 1. The van der Waals surface area contributed by atoms with Crippen molar-refractivity contribution in [2.24, 2.45) is 0 Å². The predicted octanol–water partition coefficient (Wildman–Crippen LogP) is 2.79. The monoisotopic (exact) mass is 306 g/mol. The topological polar surface area (TPSA) is 111 Å². The summed E-state index contributed by atoms with van der Waals surface area (Å²) in [5, 5.41) is 13.4. The molecule has 0 radical (unpaired) electrons. The highest BCUT2D eigenvalue weighted by atomic mass is 35.5. The molecule has 0 fully saturated rings. The van der Waals surface area contributed by atoms with E-state index in [1.54, 1.807) is 13.0 Å². The van der Waals surface area contributed by atoms with Gasteiger partial charge in [-0.3, -0.25) is 19.9 Å². The molecule has 0 saturated carbocycles. The Balaban J connectivity index is 2.31. The summed E-state index contributed by atoms with van der Waals surface area (Å²) in [5.41, 5.74) is 6.82. The zero-order chi connectivity index (χ0) is 15.6. The lowest BCUT2D eigenvalue weighted by Crippen LogP contribution is -2.15. The van der Waals surface area contributed by atoms with E-state index in [-0.39, 0.29) is 27.6 Å². The number of non-ortho nitro benzene ring substituents is 1. The number of nitro benzene ring substituents is 1. The lowest BCUT2D eigenvalue weighted by molar-refractivity contribution is -0.384. The number of nitrogens with one attached hydrogen (secondary N) is 1. The number of aromatic nitrogens is 1. The van der Waals surface area contributed by atoms with Crippen molar-refractivity contribution in [3.05, 3.63) is 56.9 Å². The van der Waals surface area contributed by atoms with Crippen LogP contribution in [0.4, 0.5) is 17.1 Å². The van der Waals surface area contributed by atoms with Gasteiger partial charge in [-0.05, 0) is 19.1 Å². The number of halogens is 1. The van der Waals surface area contributed by atoms with Gasteiger partial charge in [-0.1, -0.05) is 11.6 Å². The quantitative estimate of drug-likeness (QED) is 0.669. The summed E-state index contributed by atoms with van der Waals surface area (Å²) < 4.78 is 0. The minimum absolute atomic E-state index is 0.135. The molecule has 8 heteroatoms. The minimum atomic E-state index is -0.576. The van der Waals surface area contributed by atoms with Crippen molar-refractivity contribution in [1.82, 2.24) is 4.98 Å². The predicted molar refractivity (Wildman–Crippen MR) is 79.4 cm³/mol. The number of nitrogens with zero attached hydrogens (tertiary/aromatic N) is 2. The molecule has 0 atom stereocenters. The number of nitrogens with two attached hydrogens (primary N) is 1. The van der Waals surface area contributed by atoms with E-state index in [0.29, 0.717) is 5.69 Å². The Bertz CT molecular complexity index is 733. The Morgan fingerprint density at radius 2 is 2.14 bits per heavy atom. The number of rotatable bonds is 3. The van der Waals surface area contributed by atoms with Crippen LogP contribution in [0, 0.1) is 17.0 Å². The van der Waals surface area contributed by atoms with E-state index in [2.05, 4.69) is 10.3 Å². The van der Waals surface area contributed by atoms with E-state index in [4.69, 9.17) is 17.3 Å². The molecule has 1 aromatic carbocycles. The van der Waals surface area contributed by atoms with Gasteiger partial charge in [0, 0.05) is 29.7 Å². The molecule has 3 N–H and O–H groups in total. The Labute approximate surface area is 124 Å². The third-order valence-electron chi connectivity index (χ3n) is 2.73. The fourth-order valence-electron chi connectivity index (χ4n) is 1.68. The molecule has 1 aromatic heterocycles. The van der Waals surface area contributed by atoms with Crippen LogP contribution in [0.1, 0.15) is 16.1 Å². The zero-order valence-electron chi connectivity index (χ0n) is 11.0. The van der Waals surface area contributed by atoms with Crippen LogP contribution >= 0.6 is 11.6 Å². The van der Waals surface area contributed by atoms with Crippen LogP contribution in [0.25, 0.3) is 0 Å². The number of amides is 1. The van der Waals surface area contributed by atoms with Crippen molar-refractivity contribution in [2.45, 2.75) is 6.92 Å². The van der Waals surface area contributed by atoms with E-state index >= 15 is 0 Å². The van der Waals surface area contributed by atoms with Crippen LogP contribution in [0.15, 0.2) is 30.5 Å². The first-order valence-electron chi connectivity index (χ1n) is 5.86. The number of nitro groups is 1. The van der Waals surface area contributed by atoms with Crippen LogP contribution in [-0.4, -0.2) is 15.8 Å². The molecular weight excluding hydrogens is 296 g/mol. The molecule has 0 saturated heterocycles. The molecule has 2 rings (SSSR count). The van der Waals surface area contributed by atoms with E-state index in [9.17, 15) is 14.9 Å². The summed E-state index contributed by atoms with van der Waals surface area (Å²) >= 11 is 5.91. The first-order valence-corrected chi connectivity index (χ1v) is 6.23. The molecular formula is C13H11ClN4O3. The molecule has 21 heavy (non-hydrogen) atoms. The number of aryl methyl sites for hydroxylation is 1. The van der Waals surface area contributed by atoms with Crippen LogP contribution in [0.2, 0.25) is 5.02 Å².